The number of carbonyl (C=O) groups excluding carboxylic acids is 2. The number of carbonyl (C=O) groups is 2. The molecule has 28 heavy (non-hydrogen) atoms. The number of imide groups is 1. The van der Waals surface area contributed by atoms with Crippen molar-refractivity contribution in [3.63, 3.8) is 0 Å². The van der Waals surface area contributed by atoms with Crippen LogP contribution in [-0.2, 0) is 17.9 Å². The minimum Gasteiger partial charge on any atom is -0.486 e. The fraction of sp³-hybridized carbons (Fsp3) is 0.333. The Labute approximate surface area is 166 Å². The van der Waals surface area contributed by atoms with Crippen molar-refractivity contribution in [1.82, 2.24) is 25.4 Å². The molecule has 150 valence electrons. The van der Waals surface area contributed by atoms with Crippen molar-refractivity contribution in [2.75, 3.05) is 6.54 Å². The SMILES string of the molecule is C=CCn1c(COc2ccc(F)cc2)nnc1S[C@@H](C)C(=O)NC(=O)NCC. The van der Waals surface area contributed by atoms with Gasteiger partial charge in [-0.2, -0.15) is 0 Å². The minimum atomic E-state index is -0.568. The molecule has 2 rings (SSSR count). The van der Waals surface area contributed by atoms with Crippen LogP contribution in [0.1, 0.15) is 19.7 Å². The van der Waals surface area contributed by atoms with Crippen molar-refractivity contribution >= 4 is 23.7 Å². The van der Waals surface area contributed by atoms with Gasteiger partial charge in [-0.15, -0.1) is 16.8 Å². The minimum absolute atomic E-state index is 0.118. The largest absolute Gasteiger partial charge is 0.486 e. The molecule has 0 bridgehead atoms. The highest BCUT2D eigenvalue weighted by molar-refractivity contribution is 8.00. The van der Waals surface area contributed by atoms with Crippen molar-refractivity contribution in [3.8, 4) is 5.75 Å². The van der Waals surface area contributed by atoms with Gasteiger partial charge in [0, 0.05) is 13.1 Å². The number of ether oxygens (including phenoxy) is 1. The molecule has 3 amide bonds. The number of rotatable bonds is 9. The number of nitrogens with one attached hydrogen (secondary N) is 2. The van der Waals surface area contributed by atoms with Crippen molar-refractivity contribution in [2.45, 2.75) is 37.4 Å². The van der Waals surface area contributed by atoms with Crippen molar-refractivity contribution in [2.24, 2.45) is 0 Å². The third-order valence-electron chi connectivity index (χ3n) is 3.51. The van der Waals surface area contributed by atoms with Gasteiger partial charge in [-0.25, -0.2) is 9.18 Å². The van der Waals surface area contributed by atoms with E-state index in [1.807, 2.05) is 0 Å². The third kappa shape index (κ3) is 6.08. The summed E-state index contributed by atoms with van der Waals surface area (Å²) in [6.07, 6.45) is 1.67. The summed E-state index contributed by atoms with van der Waals surface area (Å²) >= 11 is 1.17. The summed E-state index contributed by atoms with van der Waals surface area (Å²) in [5, 5.41) is 12.9. The molecular formula is C18H22FN5O3S. The molecule has 0 fully saturated rings. The summed E-state index contributed by atoms with van der Waals surface area (Å²) in [4.78, 5) is 23.6. The molecule has 0 radical (unpaired) electrons. The number of aromatic nitrogens is 3. The Morgan fingerprint density at radius 2 is 2.07 bits per heavy atom. The maximum Gasteiger partial charge on any atom is 0.321 e. The highest BCUT2D eigenvalue weighted by Gasteiger charge is 2.21. The highest BCUT2D eigenvalue weighted by Crippen LogP contribution is 2.23. The number of nitrogens with zero attached hydrogens (tertiary/aromatic N) is 3. The second-order valence-corrected chi connectivity index (χ2v) is 6.96. The lowest BCUT2D eigenvalue weighted by Crippen LogP contribution is -2.42. The molecule has 1 atom stereocenters. The van der Waals surface area contributed by atoms with Crippen LogP contribution in [0, 0.1) is 5.82 Å². The zero-order valence-electron chi connectivity index (χ0n) is 15.6. The van der Waals surface area contributed by atoms with Crippen LogP contribution in [0.2, 0.25) is 0 Å². The first-order valence-corrected chi connectivity index (χ1v) is 9.49. The van der Waals surface area contributed by atoms with Gasteiger partial charge in [0.2, 0.25) is 5.91 Å². The van der Waals surface area contributed by atoms with Gasteiger partial charge in [-0.05, 0) is 38.1 Å². The number of hydrogen-bond acceptors (Lipinski definition) is 6. The van der Waals surface area contributed by atoms with Crippen LogP contribution in [0.15, 0.2) is 42.1 Å². The van der Waals surface area contributed by atoms with Gasteiger partial charge in [0.1, 0.15) is 18.2 Å². The predicted molar refractivity (Wildman–Crippen MR) is 103 cm³/mol. The zero-order valence-corrected chi connectivity index (χ0v) is 16.5. The van der Waals surface area contributed by atoms with Gasteiger partial charge in [-0.1, -0.05) is 17.8 Å². The zero-order chi connectivity index (χ0) is 20.5. The maximum atomic E-state index is 13.0. The molecule has 0 unspecified atom stereocenters. The van der Waals surface area contributed by atoms with Gasteiger partial charge in [0.05, 0.1) is 5.25 Å². The molecule has 0 aliphatic rings. The quantitative estimate of drug-likeness (QED) is 0.490. The summed E-state index contributed by atoms with van der Waals surface area (Å²) in [6, 6.07) is 5.11. The molecule has 8 nitrogen and oxygen atoms in total. The fourth-order valence-corrected chi connectivity index (χ4v) is 3.01. The second kappa shape index (κ2) is 10.5. The smallest absolute Gasteiger partial charge is 0.321 e. The van der Waals surface area contributed by atoms with E-state index in [0.717, 1.165) is 0 Å². The van der Waals surface area contributed by atoms with Gasteiger partial charge >= 0.3 is 6.03 Å². The van der Waals surface area contributed by atoms with Gasteiger partial charge in [0.25, 0.3) is 0 Å². The number of amides is 3. The van der Waals surface area contributed by atoms with Crippen LogP contribution in [0.3, 0.4) is 0 Å². The summed E-state index contributed by atoms with van der Waals surface area (Å²) in [5.41, 5.74) is 0. The number of halogens is 1. The van der Waals surface area contributed by atoms with Crippen LogP contribution < -0.4 is 15.4 Å². The van der Waals surface area contributed by atoms with E-state index in [1.54, 1.807) is 24.5 Å². The molecule has 1 aromatic carbocycles. The monoisotopic (exact) mass is 407 g/mol. The van der Waals surface area contributed by atoms with Crippen LogP contribution in [0.4, 0.5) is 9.18 Å². The molecule has 2 aromatic rings. The normalized spacial score (nSPS) is 11.5. The summed E-state index contributed by atoms with van der Waals surface area (Å²) in [6.45, 7) is 8.11. The van der Waals surface area contributed by atoms with E-state index >= 15 is 0 Å². The van der Waals surface area contributed by atoms with Crippen LogP contribution in [0.5, 0.6) is 5.75 Å². The fourth-order valence-electron chi connectivity index (χ4n) is 2.13. The van der Waals surface area contributed by atoms with Crippen molar-refractivity contribution in [1.29, 1.82) is 0 Å². The van der Waals surface area contributed by atoms with Gasteiger partial charge < -0.3 is 10.1 Å². The molecule has 0 spiro atoms. The van der Waals surface area contributed by atoms with E-state index in [1.165, 1.54) is 36.0 Å². The summed E-state index contributed by atoms with van der Waals surface area (Å²) < 4.78 is 20.3. The first-order chi connectivity index (χ1) is 13.4. The molecule has 1 aromatic heterocycles. The number of thioether (sulfide) groups is 1. The molecule has 0 saturated heterocycles. The topological polar surface area (TPSA) is 98.1 Å². The Hall–Kier alpha value is -2.88. The molecule has 10 heteroatoms. The average molecular weight is 407 g/mol. The molecule has 0 saturated carbocycles. The van der Waals surface area contributed by atoms with Crippen LogP contribution in [-0.4, -0.2) is 38.5 Å². The number of hydrogen-bond donors (Lipinski definition) is 2. The standard InChI is InChI=1S/C18H22FN5O3S/c1-4-10-24-15(11-27-14-8-6-13(19)7-9-14)22-23-18(24)28-12(3)16(25)21-17(26)20-5-2/h4,6-9,12H,1,5,10-11H2,2-3H3,(H2,20,21,25,26)/t12-/m0/s1. The number of allylic oxidation sites excluding steroid dienone is 1. The first kappa shape index (κ1) is 21.4. The average Bonchev–Trinajstić information content (AvgIpc) is 3.03. The molecule has 0 aliphatic heterocycles. The lowest BCUT2D eigenvalue weighted by atomic mass is 10.3. The Morgan fingerprint density at radius 1 is 1.36 bits per heavy atom. The summed E-state index contributed by atoms with van der Waals surface area (Å²) in [7, 11) is 0. The second-order valence-electron chi connectivity index (χ2n) is 5.65. The van der Waals surface area contributed by atoms with E-state index < -0.39 is 17.2 Å². The lowest BCUT2D eigenvalue weighted by molar-refractivity contribution is -0.119. The first-order valence-electron chi connectivity index (χ1n) is 8.61. The van der Waals surface area contributed by atoms with E-state index in [0.29, 0.717) is 29.8 Å². The molecule has 2 N–H and O–H groups in total. The Morgan fingerprint density at radius 3 is 2.71 bits per heavy atom. The third-order valence-corrected chi connectivity index (χ3v) is 4.59. The van der Waals surface area contributed by atoms with Gasteiger partial charge in [-0.3, -0.25) is 14.7 Å². The Kier molecular flexibility index (Phi) is 8.00. The van der Waals surface area contributed by atoms with Crippen molar-refractivity contribution < 1.29 is 18.7 Å². The van der Waals surface area contributed by atoms with E-state index in [9.17, 15) is 14.0 Å². The molecular weight excluding hydrogens is 385 g/mol. The van der Waals surface area contributed by atoms with Crippen LogP contribution >= 0.6 is 11.8 Å². The number of urea groups is 1. The lowest BCUT2D eigenvalue weighted by Gasteiger charge is -2.12. The Balaban J connectivity index is 2.04. The molecule has 1 heterocycles. The van der Waals surface area contributed by atoms with Crippen LogP contribution in [0.25, 0.3) is 0 Å². The summed E-state index contributed by atoms with van der Waals surface area (Å²) in [5.74, 6) is 0.246. The van der Waals surface area contributed by atoms with Gasteiger partial charge in [0.15, 0.2) is 11.0 Å². The highest BCUT2D eigenvalue weighted by atomic mass is 32.2. The van der Waals surface area contributed by atoms with E-state index in [-0.39, 0.29) is 12.4 Å². The predicted octanol–water partition coefficient (Wildman–Crippen LogP) is 2.51. The molecule has 0 aliphatic carbocycles. The Bertz CT molecular complexity index is 825. The van der Waals surface area contributed by atoms with E-state index in [4.69, 9.17) is 4.74 Å². The van der Waals surface area contributed by atoms with Crippen molar-refractivity contribution in [3.05, 3.63) is 48.6 Å². The number of benzene rings is 1. The maximum absolute atomic E-state index is 13.0. The van der Waals surface area contributed by atoms with E-state index in [2.05, 4.69) is 27.4 Å².